The van der Waals surface area contributed by atoms with Gasteiger partial charge >= 0.3 is 6.18 Å². The van der Waals surface area contributed by atoms with Crippen LogP contribution in [0, 0.1) is 11.3 Å². The molecule has 0 atom stereocenters. The van der Waals surface area contributed by atoms with Gasteiger partial charge in [0.05, 0.1) is 17.2 Å². The Morgan fingerprint density at radius 1 is 1.16 bits per heavy atom. The third-order valence-corrected chi connectivity index (χ3v) is 3.22. The van der Waals surface area contributed by atoms with Crippen molar-refractivity contribution in [3.8, 4) is 6.07 Å². The first-order valence-corrected chi connectivity index (χ1v) is 6.02. The average Bonchev–Trinajstić information content (AvgIpc) is 2.38. The molecule has 0 saturated carbocycles. The van der Waals surface area contributed by atoms with Crippen LogP contribution < -0.4 is 0 Å². The zero-order valence-electron chi connectivity index (χ0n) is 9.48. The lowest BCUT2D eigenvalue weighted by molar-refractivity contribution is -0.137. The number of benzene rings is 1. The van der Waals surface area contributed by atoms with Crippen molar-refractivity contribution in [3.63, 3.8) is 0 Å². The highest BCUT2D eigenvalue weighted by molar-refractivity contribution is 7.99. The van der Waals surface area contributed by atoms with E-state index in [1.165, 1.54) is 23.9 Å². The van der Waals surface area contributed by atoms with Gasteiger partial charge in [-0.2, -0.15) is 18.4 Å². The maximum atomic E-state index is 12.6. The zero-order valence-corrected chi connectivity index (χ0v) is 10.3. The van der Waals surface area contributed by atoms with Crippen LogP contribution in [0.25, 0.3) is 0 Å². The van der Waals surface area contributed by atoms with Crippen LogP contribution in [0.1, 0.15) is 11.1 Å². The molecule has 0 fully saturated rings. The van der Waals surface area contributed by atoms with E-state index in [1.54, 1.807) is 30.5 Å². The van der Waals surface area contributed by atoms with Crippen LogP contribution in [-0.4, -0.2) is 4.98 Å². The van der Waals surface area contributed by atoms with Crippen LogP contribution in [-0.2, 0) is 6.18 Å². The molecule has 0 aliphatic carbocycles. The molecule has 0 saturated heterocycles. The topological polar surface area (TPSA) is 36.7 Å². The number of nitriles is 1. The van der Waals surface area contributed by atoms with Gasteiger partial charge in [-0.1, -0.05) is 17.8 Å². The van der Waals surface area contributed by atoms with Gasteiger partial charge in [0.25, 0.3) is 0 Å². The van der Waals surface area contributed by atoms with E-state index in [-0.39, 0.29) is 5.56 Å². The van der Waals surface area contributed by atoms with E-state index in [4.69, 9.17) is 5.26 Å². The van der Waals surface area contributed by atoms with E-state index >= 15 is 0 Å². The second-order valence-corrected chi connectivity index (χ2v) is 4.68. The molecule has 96 valence electrons. The van der Waals surface area contributed by atoms with Gasteiger partial charge in [-0.05, 0) is 30.3 Å². The summed E-state index contributed by atoms with van der Waals surface area (Å²) in [5.41, 5.74) is -1.30. The third kappa shape index (κ3) is 3.26. The van der Waals surface area contributed by atoms with Crippen molar-refractivity contribution in [2.24, 2.45) is 0 Å². The fraction of sp³-hybridized carbons (Fsp3) is 0.0769. The van der Waals surface area contributed by atoms with Crippen LogP contribution >= 0.6 is 11.8 Å². The summed E-state index contributed by atoms with van der Waals surface area (Å²) in [6.07, 6.45) is -2.92. The monoisotopic (exact) mass is 280 g/mol. The number of hydrogen-bond acceptors (Lipinski definition) is 3. The van der Waals surface area contributed by atoms with Gasteiger partial charge in [0, 0.05) is 11.1 Å². The molecule has 2 aromatic rings. The molecule has 0 N–H and O–H groups in total. The average molecular weight is 280 g/mol. The standard InChI is InChI=1S/C13H7F3N2S/c14-13(15,16)11-5-4-10(7-9(11)8-17)19-12-3-1-2-6-18-12/h1-7H. The Labute approximate surface area is 111 Å². The van der Waals surface area contributed by atoms with Gasteiger partial charge in [0.1, 0.15) is 5.03 Å². The molecular weight excluding hydrogens is 273 g/mol. The highest BCUT2D eigenvalue weighted by atomic mass is 32.2. The number of alkyl halides is 3. The molecule has 6 heteroatoms. The predicted octanol–water partition coefficient (Wildman–Crippen LogP) is 4.12. The molecule has 0 spiro atoms. The maximum Gasteiger partial charge on any atom is 0.417 e. The van der Waals surface area contributed by atoms with E-state index in [0.717, 1.165) is 6.07 Å². The molecule has 0 unspecified atom stereocenters. The smallest absolute Gasteiger partial charge is 0.250 e. The first-order valence-electron chi connectivity index (χ1n) is 5.21. The lowest BCUT2D eigenvalue weighted by atomic mass is 10.1. The summed E-state index contributed by atoms with van der Waals surface area (Å²) < 4.78 is 37.9. The summed E-state index contributed by atoms with van der Waals surface area (Å²) >= 11 is 1.21. The van der Waals surface area contributed by atoms with E-state index < -0.39 is 11.7 Å². The molecule has 2 rings (SSSR count). The fourth-order valence-corrected chi connectivity index (χ4v) is 2.27. The molecule has 1 aromatic carbocycles. The molecule has 2 nitrogen and oxygen atoms in total. The fourth-order valence-electron chi connectivity index (χ4n) is 1.45. The van der Waals surface area contributed by atoms with E-state index in [0.29, 0.717) is 9.92 Å². The van der Waals surface area contributed by atoms with Crippen molar-refractivity contribution < 1.29 is 13.2 Å². The summed E-state index contributed by atoms with van der Waals surface area (Å²) in [4.78, 5) is 4.60. The van der Waals surface area contributed by atoms with Crippen molar-refractivity contribution in [1.82, 2.24) is 4.98 Å². The highest BCUT2D eigenvalue weighted by Gasteiger charge is 2.33. The molecule has 0 radical (unpaired) electrons. The van der Waals surface area contributed by atoms with Crippen molar-refractivity contribution in [1.29, 1.82) is 5.26 Å². The Hall–Kier alpha value is -2.00. The van der Waals surface area contributed by atoms with Gasteiger partial charge in [-0.3, -0.25) is 0 Å². The third-order valence-electron chi connectivity index (χ3n) is 2.28. The van der Waals surface area contributed by atoms with Crippen LogP contribution in [0.3, 0.4) is 0 Å². The molecule has 1 aromatic heterocycles. The minimum atomic E-state index is -4.51. The van der Waals surface area contributed by atoms with Gasteiger partial charge < -0.3 is 0 Å². The van der Waals surface area contributed by atoms with Crippen molar-refractivity contribution in [3.05, 3.63) is 53.7 Å². The molecule has 1 heterocycles. The lowest BCUT2D eigenvalue weighted by Crippen LogP contribution is -2.07. The van der Waals surface area contributed by atoms with Crippen molar-refractivity contribution >= 4 is 11.8 Å². The Kier molecular flexibility index (Phi) is 3.76. The molecule has 0 aliphatic heterocycles. The maximum absolute atomic E-state index is 12.6. The van der Waals surface area contributed by atoms with Crippen LogP contribution in [0.4, 0.5) is 13.2 Å². The van der Waals surface area contributed by atoms with E-state index in [9.17, 15) is 13.2 Å². The quantitative estimate of drug-likeness (QED) is 0.830. The predicted molar refractivity (Wildman–Crippen MR) is 64.5 cm³/mol. The molecule has 19 heavy (non-hydrogen) atoms. The number of nitrogens with zero attached hydrogens (tertiary/aromatic N) is 2. The van der Waals surface area contributed by atoms with Gasteiger partial charge in [-0.15, -0.1) is 0 Å². The second kappa shape index (κ2) is 5.33. The normalized spacial score (nSPS) is 11.1. The Morgan fingerprint density at radius 2 is 1.95 bits per heavy atom. The SMILES string of the molecule is N#Cc1cc(Sc2ccccn2)ccc1C(F)(F)F. The highest BCUT2D eigenvalue weighted by Crippen LogP contribution is 2.35. The number of hydrogen-bond donors (Lipinski definition) is 0. The number of pyridine rings is 1. The van der Waals surface area contributed by atoms with Crippen molar-refractivity contribution in [2.75, 3.05) is 0 Å². The zero-order chi connectivity index (χ0) is 13.9. The van der Waals surface area contributed by atoms with E-state index in [2.05, 4.69) is 4.98 Å². The molecule has 0 amide bonds. The Bertz CT molecular complexity index is 618. The minimum Gasteiger partial charge on any atom is -0.250 e. The van der Waals surface area contributed by atoms with E-state index in [1.807, 2.05) is 0 Å². The first-order chi connectivity index (χ1) is 9.00. The van der Waals surface area contributed by atoms with Crippen LogP contribution in [0.5, 0.6) is 0 Å². The number of aromatic nitrogens is 1. The van der Waals surface area contributed by atoms with Crippen LogP contribution in [0.2, 0.25) is 0 Å². The summed E-state index contributed by atoms with van der Waals surface area (Å²) in [7, 11) is 0. The molecule has 0 bridgehead atoms. The summed E-state index contributed by atoms with van der Waals surface area (Å²) in [5, 5.41) is 9.46. The molecular formula is C13H7F3N2S. The largest absolute Gasteiger partial charge is 0.417 e. The summed E-state index contributed by atoms with van der Waals surface area (Å²) in [6.45, 7) is 0. The summed E-state index contributed by atoms with van der Waals surface area (Å²) in [5.74, 6) is 0. The number of halogens is 3. The molecule has 0 aliphatic rings. The Morgan fingerprint density at radius 3 is 2.53 bits per heavy atom. The minimum absolute atomic E-state index is 0.381. The van der Waals surface area contributed by atoms with Gasteiger partial charge in [0.2, 0.25) is 0 Å². The van der Waals surface area contributed by atoms with Gasteiger partial charge in [-0.25, -0.2) is 4.98 Å². The van der Waals surface area contributed by atoms with Crippen LogP contribution in [0.15, 0.2) is 52.5 Å². The van der Waals surface area contributed by atoms with Crippen molar-refractivity contribution in [2.45, 2.75) is 16.1 Å². The number of rotatable bonds is 2. The first kappa shape index (κ1) is 13.4. The Balaban J connectivity index is 2.33. The lowest BCUT2D eigenvalue weighted by Gasteiger charge is -2.09. The van der Waals surface area contributed by atoms with Gasteiger partial charge in [0.15, 0.2) is 0 Å². The second-order valence-electron chi connectivity index (χ2n) is 3.59. The summed E-state index contributed by atoms with van der Waals surface area (Å²) in [6, 6.07) is 10.3.